The topological polar surface area (TPSA) is 52.6 Å². The fourth-order valence-corrected chi connectivity index (χ4v) is 2.84. The lowest BCUT2D eigenvalue weighted by Crippen LogP contribution is -2.01. The molecule has 120 valence electrons. The molecule has 0 aromatic heterocycles. The summed E-state index contributed by atoms with van der Waals surface area (Å²) in [6.45, 7) is 2.69. The number of benzene rings is 1. The lowest BCUT2D eigenvalue weighted by Gasteiger charge is -2.11. The van der Waals surface area contributed by atoms with Crippen LogP contribution in [-0.2, 0) is 15.5 Å². The molecule has 1 aromatic carbocycles. The van der Waals surface area contributed by atoms with Crippen LogP contribution in [0.25, 0.3) is 0 Å². The zero-order chi connectivity index (χ0) is 15.7. The van der Waals surface area contributed by atoms with Gasteiger partial charge < -0.3 is 9.47 Å². The highest BCUT2D eigenvalue weighted by atomic mass is 35.7. The Morgan fingerprint density at radius 1 is 1.10 bits per heavy atom. The quantitative estimate of drug-likeness (QED) is 0.483. The fourth-order valence-electron chi connectivity index (χ4n) is 1.96. The molecule has 0 unspecified atom stereocenters. The molecule has 0 saturated carbocycles. The van der Waals surface area contributed by atoms with Gasteiger partial charge in [-0.2, -0.15) is 0 Å². The van der Waals surface area contributed by atoms with Crippen molar-refractivity contribution < 1.29 is 17.9 Å². The molecule has 0 heterocycles. The molecule has 0 aliphatic rings. The highest BCUT2D eigenvalue weighted by Gasteiger charge is 2.06. The van der Waals surface area contributed by atoms with Gasteiger partial charge in [0, 0.05) is 10.7 Å². The van der Waals surface area contributed by atoms with Gasteiger partial charge in [0.2, 0.25) is 9.05 Å². The Labute approximate surface area is 131 Å². The number of aryl methyl sites for hydroxylation is 1. The molecule has 0 N–H and O–H groups in total. The Morgan fingerprint density at radius 3 is 2.43 bits per heavy atom. The Balaban J connectivity index is 2.26. The van der Waals surface area contributed by atoms with Crippen molar-refractivity contribution in [3.63, 3.8) is 0 Å². The third kappa shape index (κ3) is 7.58. The molecule has 0 aliphatic heterocycles. The monoisotopic (exact) mass is 334 g/mol. The molecule has 4 nitrogen and oxygen atoms in total. The van der Waals surface area contributed by atoms with E-state index in [0.29, 0.717) is 13.0 Å². The highest BCUT2D eigenvalue weighted by molar-refractivity contribution is 8.13. The van der Waals surface area contributed by atoms with E-state index >= 15 is 0 Å². The number of unbranched alkanes of at least 4 members (excludes halogenated alkanes) is 3. The smallest absolute Gasteiger partial charge is 0.232 e. The maximum Gasteiger partial charge on any atom is 0.232 e. The van der Waals surface area contributed by atoms with Crippen LogP contribution in [0, 0.1) is 0 Å². The van der Waals surface area contributed by atoms with Gasteiger partial charge in [-0.05, 0) is 37.0 Å². The Kier molecular flexibility index (Phi) is 7.89. The summed E-state index contributed by atoms with van der Waals surface area (Å²) in [6.07, 6.45) is 4.18. The third-order valence-electron chi connectivity index (χ3n) is 3.18. The minimum absolute atomic E-state index is 0.0434. The second-order valence-corrected chi connectivity index (χ2v) is 7.74. The van der Waals surface area contributed by atoms with Crippen molar-refractivity contribution in [3.8, 4) is 11.5 Å². The van der Waals surface area contributed by atoms with Crippen molar-refractivity contribution in [3.05, 3.63) is 23.8 Å². The molecule has 0 atom stereocenters. The van der Waals surface area contributed by atoms with E-state index in [1.165, 1.54) is 5.56 Å². The molecular weight excluding hydrogens is 312 g/mol. The number of methoxy groups -OCH3 is 1. The van der Waals surface area contributed by atoms with Gasteiger partial charge in [-0.15, -0.1) is 0 Å². The van der Waals surface area contributed by atoms with E-state index in [1.54, 1.807) is 7.11 Å². The number of hydrogen-bond acceptors (Lipinski definition) is 4. The molecule has 1 rings (SSSR count). The number of ether oxygens (including phenoxy) is 2. The van der Waals surface area contributed by atoms with Crippen LogP contribution in [0.4, 0.5) is 0 Å². The molecule has 0 bridgehead atoms. The summed E-state index contributed by atoms with van der Waals surface area (Å²) >= 11 is 0. The number of halogens is 1. The first-order valence-corrected chi connectivity index (χ1v) is 9.66. The van der Waals surface area contributed by atoms with Crippen LogP contribution in [0.2, 0.25) is 0 Å². The molecule has 6 heteroatoms. The summed E-state index contributed by atoms with van der Waals surface area (Å²) in [5.74, 6) is 1.54. The van der Waals surface area contributed by atoms with Crippen LogP contribution in [0.3, 0.4) is 0 Å². The van der Waals surface area contributed by atoms with E-state index in [1.807, 2.05) is 18.2 Å². The summed E-state index contributed by atoms with van der Waals surface area (Å²) in [6, 6.07) is 5.95. The van der Waals surface area contributed by atoms with Crippen LogP contribution >= 0.6 is 10.7 Å². The van der Waals surface area contributed by atoms with Crippen LogP contribution in [-0.4, -0.2) is 27.9 Å². The standard InChI is InChI=1S/C15H23ClO4S/c1-3-13-8-9-14(15(12-13)19-2)20-10-6-4-5-7-11-21(16,17)18/h8-9,12H,3-7,10-11H2,1-2H3. The van der Waals surface area contributed by atoms with Gasteiger partial charge in [0.05, 0.1) is 19.5 Å². The van der Waals surface area contributed by atoms with E-state index in [9.17, 15) is 8.42 Å². The van der Waals surface area contributed by atoms with Gasteiger partial charge in [-0.1, -0.05) is 25.8 Å². The molecule has 0 radical (unpaired) electrons. The first-order valence-electron chi connectivity index (χ1n) is 7.18. The van der Waals surface area contributed by atoms with Crippen molar-refractivity contribution in [1.29, 1.82) is 0 Å². The second kappa shape index (κ2) is 9.15. The zero-order valence-corrected chi connectivity index (χ0v) is 14.2. The largest absolute Gasteiger partial charge is 0.493 e. The predicted molar refractivity (Wildman–Crippen MR) is 86.0 cm³/mol. The van der Waals surface area contributed by atoms with Gasteiger partial charge in [0.1, 0.15) is 0 Å². The van der Waals surface area contributed by atoms with Crippen molar-refractivity contribution in [2.75, 3.05) is 19.5 Å². The fraction of sp³-hybridized carbons (Fsp3) is 0.600. The molecule has 0 saturated heterocycles. The van der Waals surface area contributed by atoms with Gasteiger partial charge in [-0.25, -0.2) is 8.42 Å². The van der Waals surface area contributed by atoms with Crippen molar-refractivity contribution in [2.24, 2.45) is 0 Å². The zero-order valence-electron chi connectivity index (χ0n) is 12.6. The van der Waals surface area contributed by atoms with Crippen molar-refractivity contribution in [1.82, 2.24) is 0 Å². The maximum atomic E-state index is 10.8. The van der Waals surface area contributed by atoms with E-state index in [4.69, 9.17) is 20.2 Å². The second-order valence-electron chi connectivity index (χ2n) is 4.84. The molecule has 1 aromatic rings. The van der Waals surface area contributed by atoms with Gasteiger partial charge in [0.25, 0.3) is 0 Å². The summed E-state index contributed by atoms with van der Waals surface area (Å²) in [5.41, 5.74) is 1.21. The normalized spacial score (nSPS) is 11.4. The molecule has 0 amide bonds. The molecule has 21 heavy (non-hydrogen) atoms. The Morgan fingerprint density at radius 2 is 1.81 bits per heavy atom. The van der Waals surface area contributed by atoms with E-state index in [0.717, 1.165) is 37.2 Å². The average molecular weight is 335 g/mol. The highest BCUT2D eigenvalue weighted by Crippen LogP contribution is 2.28. The van der Waals surface area contributed by atoms with Crippen LogP contribution in [0.5, 0.6) is 11.5 Å². The lowest BCUT2D eigenvalue weighted by atomic mass is 10.1. The number of hydrogen-bond donors (Lipinski definition) is 0. The first kappa shape index (κ1) is 18.1. The summed E-state index contributed by atoms with van der Waals surface area (Å²) in [7, 11) is 3.43. The molecule has 0 spiro atoms. The van der Waals surface area contributed by atoms with E-state index < -0.39 is 9.05 Å². The maximum absolute atomic E-state index is 10.8. The van der Waals surface area contributed by atoms with E-state index in [-0.39, 0.29) is 5.75 Å². The average Bonchev–Trinajstić information content (AvgIpc) is 2.45. The van der Waals surface area contributed by atoms with E-state index in [2.05, 4.69) is 6.92 Å². The minimum atomic E-state index is -3.35. The van der Waals surface area contributed by atoms with Crippen LogP contribution in [0.1, 0.15) is 38.2 Å². The Bertz CT molecular complexity index is 528. The molecular formula is C15H23ClO4S. The van der Waals surface area contributed by atoms with Crippen LogP contribution < -0.4 is 9.47 Å². The van der Waals surface area contributed by atoms with Crippen LogP contribution in [0.15, 0.2) is 18.2 Å². The number of rotatable bonds is 10. The van der Waals surface area contributed by atoms with Crippen molar-refractivity contribution >= 4 is 19.7 Å². The van der Waals surface area contributed by atoms with Gasteiger partial charge in [0.15, 0.2) is 11.5 Å². The summed E-state index contributed by atoms with van der Waals surface area (Å²) in [4.78, 5) is 0. The molecule has 0 aliphatic carbocycles. The van der Waals surface area contributed by atoms with Gasteiger partial charge >= 0.3 is 0 Å². The minimum Gasteiger partial charge on any atom is -0.493 e. The molecule has 0 fully saturated rings. The van der Waals surface area contributed by atoms with Gasteiger partial charge in [-0.3, -0.25) is 0 Å². The first-order chi connectivity index (χ1) is 9.96. The Hall–Kier alpha value is -0.940. The predicted octanol–water partition coefficient (Wildman–Crippen LogP) is 3.77. The lowest BCUT2D eigenvalue weighted by molar-refractivity contribution is 0.285. The summed E-state index contributed by atoms with van der Waals surface area (Å²) in [5, 5.41) is 0. The third-order valence-corrected chi connectivity index (χ3v) is 4.42. The summed E-state index contributed by atoms with van der Waals surface area (Å²) < 4.78 is 32.5. The van der Waals surface area contributed by atoms with Crippen molar-refractivity contribution in [2.45, 2.75) is 39.0 Å². The SMILES string of the molecule is CCc1ccc(OCCCCCCS(=O)(=O)Cl)c(OC)c1.